The maximum Gasteiger partial charge on any atom is 0.220 e. The number of H-pyrrole nitrogens is 1. The topological polar surface area (TPSA) is 83.8 Å². The molecule has 5 heteroatoms. The Kier molecular flexibility index (Phi) is 7.10. The van der Waals surface area contributed by atoms with Gasteiger partial charge in [0.1, 0.15) is 0 Å². The summed E-state index contributed by atoms with van der Waals surface area (Å²) in [5.41, 5.74) is 6.58. The quantitative estimate of drug-likeness (QED) is 0.618. The molecule has 1 heterocycles. The van der Waals surface area contributed by atoms with E-state index >= 15 is 0 Å². The lowest BCUT2D eigenvalue weighted by molar-refractivity contribution is -0.121. The molecule has 1 atom stereocenters. The Morgan fingerprint density at radius 1 is 1.56 bits per heavy atom. The monoisotopic (exact) mass is 252 g/mol. The van der Waals surface area contributed by atoms with E-state index in [0.717, 1.165) is 31.4 Å². The number of amides is 1. The number of hydrogen-bond donors (Lipinski definition) is 3. The third kappa shape index (κ3) is 5.82. The molecule has 0 aromatic carbocycles. The van der Waals surface area contributed by atoms with Crippen molar-refractivity contribution < 1.29 is 4.79 Å². The molecule has 1 unspecified atom stereocenters. The van der Waals surface area contributed by atoms with Crippen molar-refractivity contribution in [2.24, 2.45) is 11.7 Å². The molecule has 0 fully saturated rings. The Labute approximate surface area is 109 Å². The highest BCUT2D eigenvalue weighted by Gasteiger charge is 2.08. The minimum absolute atomic E-state index is 0.130. The summed E-state index contributed by atoms with van der Waals surface area (Å²) in [6, 6.07) is 0. The Morgan fingerprint density at radius 2 is 2.39 bits per heavy atom. The van der Waals surface area contributed by atoms with Crippen LogP contribution in [-0.4, -0.2) is 29.0 Å². The summed E-state index contributed by atoms with van der Waals surface area (Å²) in [6.07, 6.45) is 7.86. The van der Waals surface area contributed by atoms with Crippen LogP contribution < -0.4 is 11.1 Å². The number of aromatic nitrogens is 2. The van der Waals surface area contributed by atoms with Crippen LogP contribution in [0.4, 0.5) is 0 Å². The average molecular weight is 252 g/mol. The fourth-order valence-corrected chi connectivity index (χ4v) is 1.97. The summed E-state index contributed by atoms with van der Waals surface area (Å²) < 4.78 is 0. The minimum Gasteiger partial charge on any atom is -0.356 e. The SMILES string of the molecule is CCC(CCN)CCC(=O)NCCc1cnc[nH]1. The number of aromatic amines is 1. The maximum atomic E-state index is 11.6. The Bertz CT molecular complexity index is 324. The van der Waals surface area contributed by atoms with Gasteiger partial charge in [-0.15, -0.1) is 0 Å². The van der Waals surface area contributed by atoms with Crippen molar-refractivity contribution in [1.29, 1.82) is 0 Å². The minimum atomic E-state index is 0.130. The molecule has 4 N–H and O–H groups in total. The number of nitrogens with two attached hydrogens (primary N) is 1. The van der Waals surface area contributed by atoms with Crippen LogP contribution in [0.5, 0.6) is 0 Å². The number of carbonyl (C=O) groups is 1. The van der Waals surface area contributed by atoms with E-state index in [-0.39, 0.29) is 5.91 Å². The highest BCUT2D eigenvalue weighted by molar-refractivity contribution is 5.75. The highest BCUT2D eigenvalue weighted by Crippen LogP contribution is 2.14. The lowest BCUT2D eigenvalue weighted by atomic mass is 9.96. The van der Waals surface area contributed by atoms with E-state index in [0.29, 0.717) is 25.4 Å². The zero-order valence-corrected chi connectivity index (χ0v) is 11.1. The van der Waals surface area contributed by atoms with Gasteiger partial charge in [0, 0.05) is 31.3 Å². The number of carbonyl (C=O) groups excluding carboxylic acids is 1. The van der Waals surface area contributed by atoms with Gasteiger partial charge in [-0.1, -0.05) is 13.3 Å². The molecular weight excluding hydrogens is 228 g/mol. The van der Waals surface area contributed by atoms with Gasteiger partial charge in [0.25, 0.3) is 0 Å². The lowest BCUT2D eigenvalue weighted by Crippen LogP contribution is -2.26. The van der Waals surface area contributed by atoms with Crippen molar-refractivity contribution in [1.82, 2.24) is 15.3 Å². The van der Waals surface area contributed by atoms with Gasteiger partial charge in [-0.3, -0.25) is 4.79 Å². The average Bonchev–Trinajstić information content (AvgIpc) is 2.87. The summed E-state index contributed by atoms with van der Waals surface area (Å²) in [5, 5.41) is 2.92. The third-order valence-corrected chi connectivity index (χ3v) is 3.20. The number of rotatable bonds is 9. The largest absolute Gasteiger partial charge is 0.356 e. The van der Waals surface area contributed by atoms with Crippen LogP contribution in [0.3, 0.4) is 0 Å². The first-order valence-corrected chi connectivity index (χ1v) is 6.70. The molecule has 0 aliphatic carbocycles. The predicted octanol–water partition coefficient (Wildman–Crippen LogP) is 1.22. The molecule has 5 nitrogen and oxygen atoms in total. The molecule has 18 heavy (non-hydrogen) atoms. The standard InChI is InChI=1S/C13H24N4O/c1-2-11(5-7-14)3-4-13(18)16-8-6-12-9-15-10-17-12/h9-11H,2-8,14H2,1H3,(H,15,17)(H,16,18). The van der Waals surface area contributed by atoms with E-state index in [1.165, 1.54) is 0 Å². The molecule has 0 aliphatic rings. The summed E-state index contributed by atoms with van der Waals surface area (Å²) in [4.78, 5) is 18.6. The molecule has 1 rings (SSSR count). The normalized spacial score (nSPS) is 12.3. The highest BCUT2D eigenvalue weighted by atomic mass is 16.1. The van der Waals surface area contributed by atoms with Crippen LogP contribution in [0.15, 0.2) is 12.5 Å². The van der Waals surface area contributed by atoms with E-state index < -0.39 is 0 Å². The van der Waals surface area contributed by atoms with Crippen molar-refractivity contribution in [3.8, 4) is 0 Å². The van der Waals surface area contributed by atoms with Gasteiger partial charge in [-0.05, 0) is 25.3 Å². The zero-order chi connectivity index (χ0) is 13.2. The molecule has 1 aromatic rings. The molecule has 1 amide bonds. The van der Waals surface area contributed by atoms with Gasteiger partial charge in [0.15, 0.2) is 0 Å². The molecule has 0 bridgehead atoms. The lowest BCUT2D eigenvalue weighted by Gasteiger charge is -2.13. The van der Waals surface area contributed by atoms with Gasteiger partial charge in [0.05, 0.1) is 6.33 Å². The summed E-state index contributed by atoms with van der Waals surface area (Å²) in [5.74, 6) is 0.707. The molecule has 0 spiro atoms. The van der Waals surface area contributed by atoms with Gasteiger partial charge >= 0.3 is 0 Å². The number of hydrogen-bond acceptors (Lipinski definition) is 3. The second kappa shape index (κ2) is 8.69. The Morgan fingerprint density at radius 3 is 3.00 bits per heavy atom. The molecule has 1 aromatic heterocycles. The van der Waals surface area contributed by atoms with Crippen LogP contribution in [0.2, 0.25) is 0 Å². The van der Waals surface area contributed by atoms with Crippen molar-refractivity contribution in [3.05, 3.63) is 18.2 Å². The summed E-state index contributed by atoms with van der Waals surface area (Å²) in [6.45, 7) is 3.52. The summed E-state index contributed by atoms with van der Waals surface area (Å²) >= 11 is 0. The first kappa shape index (κ1) is 14.7. The van der Waals surface area contributed by atoms with Crippen LogP contribution >= 0.6 is 0 Å². The molecule has 102 valence electrons. The number of nitrogens with zero attached hydrogens (tertiary/aromatic N) is 1. The van der Waals surface area contributed by atoms with Crippen LogP contribution in [0, 0.1) is 5.92 Å². The first-order valence-electron chi connectivity index (χ1n) is 6.70. The van der Waals surface area contributed by atoms with Gasteiger partial charge in [-0.2, -0.15) is 0 Å². The Balaban J connectivity index is 2.09. The second-order valence-electron chi connectivity index (χ2n) is 4.57. The van der Waals surface area contributed by atoms with Crippen molar-refractivity contribution >= 4 is 5.91 Å². The van der Waals surface area contributed by atoms with Crippen molar-refractivity contribution in [2.75, 3.05) is 13.1 Å². The van der Waals surface area contributed by atoms with Crippen molar-refractivity contribution in [3.63, 3.8) is 0 Å². The second-order valence-corrected chi connectivity index (χ2v) is 4.57. The van der Waals surface area contributed by atoms with Gasteiger partial charge in [-0.25, -0.2) is 4.98 Å². The molecule has 0 aliphatic heterocycles. The number of imidazole rings is 1. The smallest absolute Gasteiger partial charge is 0.220 e. The van der Waals surface area contributed by atoms with Crippen LogP contribution in [0.1, 0.15) is 38.3 Å². The molecular formula is C13H24N4O. The zero-order valence-electron chi connectivity index (χ0n) is 11.1. The predicted molar refractivity (Wildman–Crippen MR) is 72.0 cm³/mol. The first-order chi connectivity index (χ1) is 8.76. The fraction of sp³-hybridized carbons (Fsp3) is 0.692. The molecule has 0 radical (unpaired) electrons. The Hall–Kier alpha value is -1.36. The van der Waals surface area contributed by atoms with Crippen LogP contribution in [-0.2, 0) is 11.2 Å². The van der Waals surface area contributed by atoms with Gasteiger partial charge in [0.2, 0.25) is 5.91 Å². The van der Waals surface area contributed by atoms with E-state index in [9.17, 15) is 4.79 Å². The van der Waals surface area contributed by atoms with Crippen LogP contribution in [0.25, 0.3) is 0 Å². The van der Waals surface area contributed by atoms with E-state index in [2.05, 4.69) is 22.2 Å². The van der Waals surface area contributed by atoms with E-state index in [1.807, 2.05) is 0 Å². The molecule has 0 saturated carbocycles. The third-order valence-electron chi connectivity index (χ3n) is 3.20. The van der Waals surface area contributed by atoms with Gasteiger partial charge < -0.3 is 16.0 Å². The number of nitrogens with one attached hydrogen (secondary N) is 2. The van der Waals surface area contributed by atoms with Crippen molar-refractivity contribution in [2.45, 2.75) is 39.0 Å². The summed E-state index contributed by atoms with van der Waals surface area (Å²) in [7, 11) is 0. The fourth-order valence-electron chi connectivity index (χ4n) is 1.97. The maximum absolute atomic E-state index is 11.6. The van der Waals surface area contributed by atoms with E-state index in [4.69, 9.17) is 5.73 Å². The van der Waals surface area contributed by atoms with E-state index in [1.54, 1.807) is 12.5 Å². The molecule has 0 saturated heterocycles.